The Hall–Kier alpha value is -3.08. The van der Waals surface area contributed by atoms with Crippen LogP contribution >= 0.6 is 11.6 Å². The van der Waals surface area contributed by atoms with Crippen molar-refractivity contribution in [2.75, 3.05) is 6.54 Å². The van der Waals surface area contributed by atoms with E-state index in [0.29, 0.717) is 10.6 Å². The fourth-order valence-corrected chi connectivity index (χ4v) is 1.54. The first-order valence-electron chi connectivity index (χ1n) is 6.38. The van der Waals surface area contributed by atoms with Gasteiger partial charge in [0.15, 0.2) is 0 Å². The van der Waals surface area contributed by atoms with E-state index < -0.39 is 11.6 Å². The summed E-state index contributed by atoms with van der Waals surface area (Å²) in [6, 6.07) is 5.28. The molecule has 1 aromatic carbocycles. The van der Waals surface area contributed by atoms with Crippen LogP contribution in [0.3, 0.4) is 0 Å². The van der Waals surface area contributed by atoms with Gasteiger partial charge in [0.05, 0.1) is 17.1 Å². The van der Waals surface area contributed by atoms with E-state index in [0.717, 1.165) is 5.56 Å². The standard InChI is InChI=1S/C12H15ClO2.C3H4NO3.Fm/c1-8-5-6-9(10(13)7-8)11(14)15-12(2,3)4;5-2-4-1-3(6)7;/h5-7H,1-4H3;1H2,(H,4,5)(H,6,7);/q;-1;. The third-order valence-corrected chi connectivity index (χ3v) is 2.37. The average Bonchev–Trinajstić information content (AvgIpc) is 2.34. The zero-order valence-corrected chi connectivity index (χ0v) is 16.3. The molecule has 1 amide bonds. The minimum Gasteiger partial charge on any atom is -0.521 e. The molecule has 23 heavy (non-hydrogen) atoms. The molecule has 6 nitrogen and oxygen atoms in total. The van der Waals surface area contributed by atoms with Crippen molar-refractivity contribution in [3.8, 4) is 0 Å². The fraction of sp³-hybridized carbons (Fsp3) is 0.400. The smallest absolute Gasteiger partial charge is 0.340 e. The third kappa shape index (κ3) is 10.3. The van der Waals surface area contributed by atoms with Gasteiger partial charge >= 0.3 is 11.9 Å². The number of carbonyl (C=O) groups excluding carboxylic acids is 2. The second kappa shape index (κ2) is 9.78. The first-order valence-corrected chi connectivity index (χ1v) is 6.76. The summed E-state index contributed by atoms with van der Waals surface area (Å²) in [4.78, 5) is 30.4. The molecule has 2 N–H and O–H groups in total. The minimum absolute atomic E-state index is 0. The van der Waals surface area contributed by atoms with Crippen LogP contribution in [0.25, 0.3) is 0 Å². The number of amides is 1. The van der Waals surface area contributed by atoms with Gasteiger partial charge in [0, 0.05) is 0 Å². The van der Waals surface area contributed by atoms with Crippen LogP contribution in [-0.2, 0) is 14.3 Å². The number of nitrogens with one attached hydrogen (secondary N) is 1. The molecule has 1 rings (SSSR count). The molecule has 0 unspecified atom stereocenters. The van der Waals surface area contributed by atoms with Gasteiger partial charge in [-0.2, -0.15) is 6.41 Å². The van der Waals surface area contributed by atoms with E-state index >= 15 is 0 Å². The van der Waals surface area contributed by atoms with Gasteiger partial charge in [0.1, 0.15) is 5.60 Å². The van der Waals surface area contributed by atoms with Crippen LogP contribution in [0.2, 0.25) is 5.02 Å². The normalized spacial score (nSPS) is 9.61. The number of aryl methyl sites for hydroxylation is 1. The zero-order valence-electron chi connectivity index (χ0n) is 13.2. The maximum Gasteiger partial charge on any atom is 0.340 e. The Bertz CT molecular complexity index is 543. The van der Waals surface area contributed by atoms with Crippen LogP contribution in [0.5, 0.6) is 0 Å². The average molecular weight is 586 g/mol. The number of benzene rings is 1. The molecule has 1 aromatic rings. The number of aliphatic carboxylic acids is 1. The summed E-state index contributed by atoms with van der Waals surface area (Å²) in [6.45, 7) is 7.04. The molecule has 0 radical (unpaired) electrons. The third-order valence-electron chi connectivity index (χ3n) is 2.06. The predicted molar refractivity (Wildman–Crippen MR) is 82.7 cm³/mol. The molecule has 0 saturated carbocycles. The van der Waals surface area contributed by atoms with Crippen molar-refractivity contribution in [1.82, 2.24) is 5.32 Å². The molecule has 0 aliphatic rings. The van der Waals surface area contributed by atoms with E-state index in [9.17, 15) is 14.4 Å². The van der Waals surface area contributed by atoms with Crippen LogP contribution in [0.4, 0.5) is 0 Å². The number of carboxylic acids is 1. The molecule has 0 fully saturated rings. The van der Waals surface area contributed by atoms with Gasteiger partial charge < -0.3 is 20.0 Å². The van der Waals surface area contributed by atoms with Crippen molar-refractivity contribution in [2.24, 2.45) is 0 Å². The molecule has 0 aliphatic heterocycles. The van der Waals surface area contributed by atoms with Crippen molar-refractivity contribution < 1.29 is 24.2 Å². The van der Waals surface area contributed by atoms with Crippen LogP contribution in [-0.4, -0.2) is 35.6 Å². The van der Waals surface area contributed by atoms with Gasteiger partial charge in [-0.05, 0) is 45.4 Å². The van der Waals surface area contributed by atoms with Gasteiger partial charge in [-0.25, -0.2) is 4.79 Å². The Labute approximate surface area is 134 Å². The molecular weight excluding hydrogens is 567 g/mol. The van der Waals surface area contributed by atoms with Crippen LogP contribution in [0.1, 0.15) is 36.7 Å². The molecule has 0 aromatic heterocycles. The predicted octanol–water partition coefficient (Wildman–Crippen LogP) is 2.33. The van der Waals surface area contributed by atoms with Gasteiger partial charge in [0.25, 0.3) is 0 Å². The number of halogens is 1. The molecular formula is C15H19ClFmNO5-. The van der Waals surface area contributed by atoms with Crippen molar-refractivity contribution in [3.05, 3.63) is 34.3 Å². The van der Waals surface area contributed by atoms with Gasteiger partial charge in [-0.1, -0.05) is 17.7 Å². The van der Waals surface area contributed by atoms with Crippen LogP contribution in [0, 0.1) is 6.92 Å². The summed E-state index contributed by atoms with van der Waals surface area (Å²) < 4.78 is 5.22. The summed E-state index contributed by atoms with van der Waals surface area (Å²) in [6.07, 6.45) is 1.22. The van der Waals surface area contributed by atoms with Crippen molar-refractivity contribution >= 4 is 29.9 Å². The largest absolute Gasteiger partial charge is 0.521 e. The van der Waals surface area contributed by atoms with E-state index in [1.807, 2.05) is 39.1 Å². The summed E-state index contributed by atoms with van der Waals surface area (Å²) in [7, 11) is 0. The summed E-state index contributed by atoms with van der Waals surface area (Å²) >= 11 is 5.95. The Kier molecular flexibility index (Phi) is 9.45. The number of carboxylic acid groups (broad SMARTS) is 1. The minimum atomic E-state index is -1.07. The number of ether oxygens (including phenoxy) is 1. The van der Waals surface area contributed by atoms with Crippen LogP contribution in [0.15, 0.2) is 18.2 Å². The molecule has 0 bridgehead atoms. The van der Waals surface area contributed by atoms with Gasteiger partial charge in [-0.15, -0.1) is 0 Å². The number of hydrogen-bond donors (Lipinski definition) is 2. The second-order valence-electron chi connectivity index (χ2n) is 5.33. The topological polar surface area (TPSA) is 92.7 Å². The quantitative estimate of drug-likeness (QED) is 0.322. The molecule has 0 saturated heterocycles. The maximum atomic E-state index is 11.7. The maximum absolute atomic E-state index is 11.7. The fourth-order valence-electron chi connectivity index (χ4n) is 1.23. The van der Waals surface area contributed by atoms with Gasteiger partial charge in [0.2, 0.25) is 0 Å². The number of hydrogen-bond acceptors (Lipinski definition) is 4. The van der Waals surface area contributed by atoms with Crippen molar-refractivity contribution in [1.29, 1.82) is 0 Å². The molecule has 0 heterocycles. The number of esters is 1. The van der Waals surface area contributed by atoms with E-state index in [1.54, 1.807) is 12.1 Å². The monoisotopic (exact) mass is 585 g/mol. The van der Waals surface area contributed by atoms with E-state index in [-0.39, 0.29) is 12.5 Å². The number of rotatable bonds is 4. The molecule has 0 spiro atoms. The Morgan fingerprint density at radius 1 is 1.35 bits per heavy atom. The van der Waals surface area contributed by atoms with E-state index in [2.05, 4.69) is 0 Å². The van der Waals surface area contributed by atoms with Gasteiger partial charge in [-0.3, -0.25) is 4.79 Å². The van der Waals surface area contributed by atoms with E-state index in [1.165, 1.54) is 6.41 Å². The molecule has 134 valence electrons. The molecule has 8 heteroatoms. The van der Waals surface area contributed by atoms with E-state index in [4.69, 9.17) is 21.4 Å². The Morgan fingerprint density at radius 2 is 1.91 bits per heavy atom. The first-order chi connectivity index (χ1) is 10.1. The molecule has 0 aliphatic carbocycles. The second-order valence-corrected chi connectivity index (χ2v) is 5.74. The molecule has 0 atom stereocenters. The SMILES string of the molecule is Cc1ccc(C(=O)OC(C)(C)C)c(Cl)c1.O=[C-]NCC(=O)O.[Fm]. The summed E-state index contributed by atoms with van der Waals surface area (Å²) in [5.74, 6) is -1.45. The Morgan fingerprint density at radius 3 is 2.26 bits per heavy atom. The van der Waals surface area contributed by atoms with Crippen LogP contribution < -0.4 is 5.32 Å². The summed E-state index contributed by atoms with van der Waals surface area (Å²) in [5.41, 5.74) is 0.940. The van der Waals surface area contributed by atoms with Crippen molar-refractivity contribution in [3.63, 3.8) is 0 Å². The first kappa shape index (κ1) is 22.2. The number of carbonyl (C=O) groups is 2. The van der Waals surface area contributed by atoms with Crippen molar-refractivity contribution in [2.45, 2.75) is 33.3 Å². The zero-order chi connectivity index (χ0) is 17.3. The summed E-state index contributed by atoms with van der Waals surface area (Å²) in [5, 5.41) is 10.1. The Balaban J connectivity index is 0.